The van der Waals surface area contributed by atoms with Crippen LogP contribution in [0.25, 0.3) is 0 Å². The first-order valence-corrected chi connectivity index (χ1v) is 6.27. The molecule has 0 saturated heterocycles. The van der Waals surface area contributed by atoms with Gasteiger partial charge in [-0.2, -0.15) is 0 Å². The monoisotopic (exact) mass is 355 g/mol. The third-order valence-corrected chi connectivity index (χ3v) is 4.77. The molecule has 4 nitrogen and oxygen atoms in total. The van der Waals surface area contributed by atoms with Gasteiger partial charge in [0, 0.05) is 4.47 Å². The van der Waals surface area contributed by atoms with Gasteiger partial charge in [0.05, 0.1) is 3.79 Å². The number of ether oxygens (including phenoxy) is 1. The lowest BCUT2D eigenvalue weighted by atomic mass is 10.4. The van der Waals surface area contributed by atoms with Crippen LogP contribution in [0, 0.1) is 0 Å². The minimum atomic E-state index is -0.919. The summed E-state index contributed by atoms with van der Waals surface area (Å²) in [5.41, 5.74) is 4.97. The van der Waals surface area contributed by atoms with E-state index in [0.717, 1.165) is 8.26 Å². The first-order chi connectivity index (χ1) is 6.91. The second-order valence-corrected chi connectivity index (χ2v) is 5.91. The lowest BCUT2D eigenvalue weighted by Gasteiger charge is -2.07. The van der Waals surface area contributed by atoms with Crippen LogP contribution < -0.4 is 5.73 Å². The van der Waals surface area contributed by atoms with Crippen molar-refractivity contribution in [1.29, 1.82) is 0 Å². The van der Waals surface area contributed by atoms with E-state index in [4.69, 9.17) is 10.5 Å². The molecular formula is C8H7Br2NO3S. The lowest BCUT2D eigenvalue weighted by molar-refractivity contribution is -0.125. The zero-order valence-electron chi connectivity index (χ0n) is 7.62. The predicted molar refractivity (Wildman–Crippen MR) is 63.8 cm³/mol. The van der Waals surface area contributed by atoms with Gasteiger partial charge in [0.2, 0.25) is 0 Å². The second kappa shape index (κ2) is 5.09. The average Bonchev–Trinajstić information content (AvgIpc) is 2.46. The minimum absolute atomic E-state index is 0.404. The molecule has 1 aromatic rings. The molecule has 1 amide bonds. The van der Waals surface area contributed by atoms with E-state index in [9.17, 15) is 9.59 Å². The molecule has 15 heavy (non-hydrogen) atoms. The van der Waals surface area contributed by atoms with Crippen LogP contribution in [0.1, 0.15) is 16.6 Å². The largest absolute Gasteiger partial charge is 0.448 e. The van der Waals surface area contributed by atoms with Gasteiger partial charge in [-0.05, 0) is 44.8 Å². The highest BCUT2D eigenvalue weighted by Gasteiger charge is 2.18. The van der Waals surface area contributed by atoms with Crippen molar-refractivity contribution >= 4 is 55.1 Å². The van der Waals surface area contributed by atoms with Crippen molar-refractivity contribution in [2.24, 2.45) is 5.73 Å². The molecule has 1 heterocycles. The molecule has 0 aliphatic carbocycles. The molecule has 0 spiro atoms. The van der Waals surface area contributed by atoms with Crippen LogP contribution in [-0.4, -0.2) is 18.0 Å². The van der Waals surface area contributed by atoms with E-state index >= 15 is 0 Å². The molecule has 0 bridgehead atoms. The Balaban J connectivity index is 2.73. The number of amides is 1. The molecule has 0 radical (unpaired) electrons. The molecule has 82 valence electrons. The summed E-state index contributed by atoms with van der Waals surface area (Å²) in [5, 5.41) is 0. The standard InChI is InChI=1S/C8H7Br2NO3S/c1-3(7(11)12)14-8(13)5-2-4(9)6(10)15-5/h2-3H,1H3,(H2,11,12)/t3-/m0/s1. The summed E-state index contributed by atoms with van der Waals surface area (Å²) in [6, 6.07) is 1.62. The van der Waals surface area contributed by atoms with Crippen LogP contribution in [0.5, 0.6) is 0 Å². The number of thiophene rings is 1. The second-order valence-electron chi connectivity index (χ2n) is 2.68. The van der Waals surface area contributed by atoms with Crippen molar-refractivity contribution in [3.8, 4) is 0 Å². The minimum Gasteiger partial charge on any atom is -0.448 e. The van der Waals surface area contributed by atoms with Gasteiger partial charge in [-0.25, -0.2) is 4.79 Å². The van der Waals surface area contributed by atoms with Gasteiger partial charge in [-0.1, -0.05) is 0 Å². The highest BCUT2D eigenvalue weighted by atomic mass is 79.9. The predicted octanol–water partition coefficient (Wildman–Crippen LogP) is 2.30. The third-order valence-electron chi connectivity index (χ3n) is 1.53. The Morgan fingerprint density at radius 1 is 1.53 bits per heavy atom. The van der Waals surface area contributed by atoms with Gasteiger partial charge >= 0.3 is 5.97 Å². The molecule has 0 fully saturated rings. The van der Waals surface area contributed by atoms with Crippen molar-refractivity contribution in [1.82, 2.24) is 0 Å². The van der Waals surface area contributed by atoms with E-state index in [2.05, 4.69) is 31.9 Å². The van der Waals surface area contributed by atoms with Gasteiger partial charge in [0.1, 0.15) is 4.88 Å². The van der Waals surface area contributed by atoms with Crippen LogP contribution in [0.15, 0.2) is 14.3 Å². The lowest BCUT2D eigenvalue weighted by Crippen LogP contribution is -2.30. The van der Waals surface area contributed by atoms with E-state index in [1.165, 1.54) is 18.3 Å². The average molecular weight is 357 g/mol. The van der Waals surface area contributed by atoms with Gasteiger partial charge < -0.3 is 10.5 Å². The number of carbonyl (C=O) groups excluding carboxylic acids is 2. The Labute approximate surface area is 107 Å². The number of esters is 1. The number of hydrogen-bond donors (Lipinski definition) is 1. The SMILES string of the molecule is C[C@H](OC(=O)c1cc(Br)c(Br)s1)C(N)=O. The van der Waals surface area contributed by atoms with E-state index in [-0.39, 0.29) is 0 Å². The summed E-state index contributed by atoms with van der Waals surface area (Å²) in [7, 11) is 0. The summed E-state index contributed by atoms with van der Waals surface area (Å²) in [6.07, 6.45) is -0.919. The number of nitrogens with two attached hydrogens (primary N) is 1. The number of primary amides is 1. The molecule has 0 aromatic carbocycles. The Kier molecular flexibility index (Phi) is 4.30. The Morgan fingerprint density at radius 3 is 2.53 bits per heavy atom. The molecule has 0 aliphatic heterocycles. The van der Waals surface area contributed by atoms with Crippen molar-refractivity contribution < 1.29 is 14.3 Å². The fourth-order valence-corrected chi connectivity index (χ4v) is 2.64. The molecular weight excluding hydrogens is 350 g/mol. The molecule has 0 aliphatic rings. The van der Waals surface area contributed by atoms with Gasteiger partial charge in [-0.3, -0.25) is 4.79 Å². The smallest absolute Gasteiger partial charge is 0.349 e. The molecule has 2 N–H and O–H groups in total. The fourth-order valence-electron chi connectivity index (χ4n) is 0.724. The molecule has 1 rings (SSSR count). The van der Waals surface area contributed by atoms with Gasteiger partial charge in [0.25, 0.3) is 5.91 Å². The van der Waals surface area contributed by atoms with Gasteiger partial charge in [0.15, 0.2) is 6.10 Å². The Morgan fingerprint density at radius 2 is 2.13 bits per heavy atom. The maximum atomic E-state index is 11.5. The Bertz CT molecular complexity index is 385. The first-order valence-electron chi connectivity index (χ1n) is 3.87. The normalized spacial score (nSPS) is 12.2. The van der Waals surface area contributed by atoms with Crippen molar-refractivity contribution in [3.63, 3.8) is 0 Å². The highest BCUT2D eigenvalue weighted by molar-refractivity contribution is 9.13. The number of carbonyl (C=O) groups is 2. The van der Waals surface area contributed by atoms with Crippen molar-refractivity contribution in [2.75, 3.05) is 0 Å². The van der Waals surface area contributed by atoms with E-state index in [1.54, 1.807) is 6.07 Å². The summed E-state index contributed by atoms with van der Waals surface area (Å²) >= 11 is 7.71. The molecule has 0 saturated carbocycles. The fraction of sp³-hybridized carbons (Fsp3) is 0.250. The van der Waals surface area contributed by atoms with Gasteiger partial charge in [-0.15, -0.1) is 11.3 Å². The van der Waals surface area contributed by atoms with Crippen LogP contribution in [0.3, 0.4) is 0 Å². The van der Waals surface area contributed by atoms with Crippen LogP contribution in [-0.2, 0) is 9.53 Å². The van der Waals surface area contributed by atoms with Crippen LogP contribution in [0.4, 0.5) is 0 Å². The summed E-state index contributed by atoms with van der Waals surface area (Å²) in [6.45, 7) is 1.43. The summed E-state index contributed by atoms with van der Waals surface area (Å²) in [5.74, 6) is -1.23. The maximum absolute atomic E-state index is 11.5. The number of rotatable bonds is 3. The van der Waals surface area contributed by atoms with E-state index in [1.807, 2.05) is 0 Å². The van der Waals surface area contributed by atoms with Crippen LogP contribution in [0.2, 0.25) is 0 Å². The molecule has 7 heteroatoms. The summed E-state index contributed by atoms with van der Waals surface area (Å²) < 4.78 is 6.38. The topological polar surface area (TPSA) is 69.4 Å². The molecule has 0 unspecified atom stereocenters. The highest BCUT2D eigenvalue weighted by Crippen LogP contribution is 2.32. The zero-order chi connectivity index (χ0) is 11.6. The maximum Gasteiger partial charge on any atom is 0.349 e. The Hall–Kier alpha value is -0.400. The zero-order valence-corrected chi connectivity index (χ0v) is 11.6. The quantitative estimate of drug-likeness (QED) is 0.845. The van der Waals surface area contributed by atoms with Crippen LogP contribution >= 0.6 is 43.2 Å². The van der Waals surface area contributed by atoms with E-state index < -0.39 is 18.0 Å². The summed E-state index contributed by atoms with van der Waals surface area (Å²) in [4.78, 5) is 22.5. The van der Waals surface area contributed by atoms with Crippen molar-refractivity contribution in [2.45, 2.75) is 13.0 Å². The molecule has 1 aromatic heterocycles. The van der Waals surface area contributed by atoms with Crippen molar-refractivity contribution in [3.05, 3.63) is 19.2 Å². The van der Waals surface area contributed by atoms with E-state index in [0.29, 0.717) is 4.88 Å². The molecule has 1 atom stereocenters. The number of halogens is 2. The third kappa shape index (κ3) is 3.29. The first kappa shape index (κ1) is 12.7. The number of hydrogen-bond acceptors (Lipinski definition) is 4.